The summed E-state index contributed by atoms with van der Waals surface area (Å²) >= 11 is 1.46. The Hall–Kier alpha value is -2.63. The highest BCUT2D eigenvalue weighted by Crippen LogP contribution is 2.05. The molecule has 0 fully saturated rings. The molecule has 1 aromatic rings. The number of rotatable bonds is 13. The minimum Gasteiger partial charge on any atom is -0.480 e. The number of nitrogens with one attached hydrogen (secondary N) is 3. The molecule has 0 spiro atoms. The molecular weight excluding hydrogens is 424 g/mol. The summed E-state index contributed by atoms with van der Waals surface area (Å²) in [6, 6.07) is 4.57. The van der Waals surface area contributed by atoms with Crippen molar-refractivity contribution in [2.24, 2.45) is 5.73 Å². The van der Waals surface area contributed by atoms with Gasteiger partial charge in [-0.25, -0.2) is 4.79 Å². The Morgan fingerprint density at radius 1 is 1.00 bits per heavy atom. The van der Waals surface area contributed by atoms with Crippen LogP contribution >= 0.6 is 11.8 Å². The van der Waals surface area contributed by atoms with Gasteiger partial charge in [0, 0.05) is 6.42 Å². The van der Waals surface area contributed by atoms with Crippen molar-refractivity contribution in [3.05, 3.63) is 35.9 Å². The molecule has 3 amide bonds. The predicted octanol–water partition coefficient (Wildman–Crippen LogP) is -1.14. The monoisotopic (exact) mass is 454 g/mol. The predicted molar refractivity (Wildman–Crippen MR) is 117 cm³/mol. The second-order valence-corrected chi connectivity index (χ2v) is 7.94. The van der Waals surface area contributed by atoms with Gasteiger partial charge in [0.2, 0.25) is 17.7 Å². The molecule has 0 bridgehead atoms. The van der Waals surface area contributed by atoms with Crippen molar-refractivity contribution in [1.29, 1.82) is 0 Å². The lowest BCUT2D eigenvalue weighted by Gasteiger charge is -2.23. The average Bonchev–Trinajstić information content (AvgIpc) is 2.75. The van der Waals surface area contributed by atoms with Crippen LogP contribution in [0, 0.1) is 0 Å². The first kappa shape index (κ1) is 26.4. The van der Waals surface area contributed by atoms with Crippen molar-refractivity contribution in [3.63, 3.8) is 0 Å². The lowest BCUT2D eigenvalue weighted by molar-refractivity contribution is -0.142. The Kier molecular flexibility index (Phi) is 11.6. The zero-order valence-corrected chi connectivity index (χ0v) is 18.4. The maximum absolute atomic E-state index is 12.8. The van der Waals surface area contributed by atoms with E-state index >= 15 is 0 Å². The highest BCUT2D eigenvalue weighted by atomic mass is 32.2. The number of benzene rings is 1. The highest BCUT2D eigenvalue weighted by molar-refractivity contribution is 7.98. The molecule has 0 aliphatic carbocycles. The minimum absolute atomic E-state index is 0.135. The van der Waals surface area contributed by atoms with Crippen LogP contribution < -0.4 is 21.7 Å². The fraction of sp³-hybridized carbons (Fsp3) is 0.500. The fourth-order valence-corrected chi connectivity index (χ4v) is 3.06. The number of hydrogen-bond acceptors (Lipinski definition) is 7. The van der Waals surface area contributed by atoms with Crippen LogP contribution in [0.3, 0.4) is 0 Å². The van der Waals surface area contributed by atoms with Gasteiger partial charge in [-0.05, 0) is 30.9 Å². The molecule has 0 saturated carbocycles. The van der Waals surface area contributed by atoms with Crippen LogP contribution in [0.25, 0.3) is 0 Å². The SMILES string of the molecule is CSCCC(NC(=O)C(C)NC(=O)C(Cc1ccccc1)NC(=O)C(N)CO)C(=O)O. The quantitative estimate of drug-likeness (QED) is 0.217. The topological polar surface area (TPSA) is 171 Å². The molecule has 1 rings (SSSR count). The summed E-state index contributed by atoms with van der Waals surface area (Å²) in [7, 11) is 0. The number of nitrogens with two attached hydrogens (primary N) is 1. The van der Waals surface area contributed by atoms with Crippen molar-refractivity contribution >= 4 is 35.5 Å². The third-order valence-corrected chi connectivity index (χ3v) is 5.07. The molecule has 4 atom stereocenters. The van der Waals surface area contributed by atoms with Crippen molar-refractivity contribution in [1.82, 2.24) is 16.0 Å². The van der Waals surface area contributed by atoms with E-state index in [4.69, 9.17) is 10.8 Å². The summed E-state index contributed by atoms with van der Waals surface area (Å²) in [6.45, 7) is 0.832. The van der Waals surface area contributed by atoms with E-state index in [2.05, 4.69) is 16.0 Å². The third-order valence-electron chi connectivity index (χ3n) is 4.43. The Bertz CT molecular complexity index is 748. The van der Waals surface area contributed by atoms with Crippen LogP contribution in [0.15, 0.2) is 30.3 Å². The van der Waals surface area contributed by atoms with Crippen LogP contribution in [-0.4, -0.2) is 76.7 Å². The number of carboxylic acids is 1. The number of aliphatic hydroxyl groups is 1. The van der Waals surface area contributed by atoms with E-state index in [-0.39, 0.29) is 12.8 Å². The first-order valence-electron chi connectivity index (χ1n) is 9.72. The summed E-state index contributed by atoms with van der Waals surface area (Å²) in [5, 5.41) is 25.7. The van der Waals surface area contributed by atoms with Crippen molar-refractivity contribution in [2.75, 3.05) is 18.6 Å². The summed E-state index contributed by atoms with van der Waals surface area (Å²) in [5.41, 5.74) is 6.28. The number of aliphatic carboxylic acids is 1. The number of carboxylic acid groups (broad SMARTS) is 1. The summed E-state index contributed by atoms with van der Waals surface area (Å²) < 4.78 is 0. The van der Waals surface area contributed by atoms with Crippen LogP contribution in [-0.2, 0) is 25.6 Å². The van der Waals surface area contributed by atoms with Gasteiger partial charge in [0.15, 0.2) is 0 Å². The van der Waals surface area contributed by atoms with Gasteiger partial charge in [-0.2, -0.15) is 11.8 Å². The molecule has 0 aliphatic rings. The molecule has 172 valence electrons. The molecule has 0 radical (unpaired) electrons. The lowest BCUT2D eigenvalue weighted by atomic mass is 10.0. The number of hydrogen-bond donors (Lipinski definition) is 6. The van der Waals surface area contributed by atoms with Gasteiger partial charge in [-0.1, -0.05) is 30.3 Å². The van der Waals surface area contributed by atoms with Gasteiger partial charge < -0.3 is 31.9 Å². The van der Waals surface area contributed by atoms with Crippen LogP contribution in [0.2, 0.25) is 0 Å². The zero-order chi connectivity index (χ0) is 23.4. The molecule has 4 unspecified atom stereocenters. The van der Waals surface area contributed by atoms with E-state index in [1.54, 1.807) is 30.3 Å². The smallest absolute Gasteiger partial charge is 0.326 e. The van der Waals surface area contributed by atoms with Gasteiger partial charge in [0.25, 0.3) is 0 Å². The van der Waals surface area contributed by atoms with E-state index in [0.29, 0.717) is 5.75 Å². The third kappa shape index (κ3) is 9.37. The molecule has 31 heavy (non-hydrogen) atoms. The van der Waals surface area contributed by atoms with E-state index in [1.165, 1.54) is 18.7 Å². The maximum atomic E-state index is 12.8. The second kappa shape index (κ2) is 13.6. The molecule has 1 aromatic carbocycles. The van der Waals surface area contributed by atoms with Crippen LogP contribution in [0.1, 0.15) is 18.9 Å². The summed E-state index contributed by atoms with van der Waals surface area (Å²) in [5.74, 6) is -2.61. The van der Waals surface area contributed by atoms with E-state index in [9.17, 15) is 24.3 Å². The molecule has 0 saturated heterocycles. The van der Waals surface area contributed by atoms with Gasteiger partial charge >= 0.3 is 5.97 Å². The highest BCUT2D eigenvalue weighted by Gasteiger charge is 2.28. The number of aliphatic hydroxyl groups excluding tert-OH is 1. The lowest BCUT2D eigenvalue weighted by Crippen LogP contribution is -2.57. The Morgan fingerprint density at radius 2 is 1.61 bits per heavy atom. The maximum Gasteiger partial charge on any atom is 0.326 e. The number of thioether (sulfide) groups is 1. The Balaban J connectivity index is 2.83. The Morgan fingerprint density at radius 3 is 2.16 bits per heavy atom. The number of carbonyl (C=O) groups is 4. The normalized spacial score (nSPS) is 14.6. The van der Waals surface area contributed by atoms with Gasteiger partial charge in [0.05, 0.1) is 6.61 Å². The van der Waals surface area contributed by atoms with Gasteiger partial charge in [0.1, 0.15) is 24.2 Å². The summed E-state index contributed by atoms with van der Waals surface area (Å²) in [6.07, 6.45) is 2.21. The van der Waals surface area contributed by atoms with Gasteiger partial charge in [-0.15, -0.1) is 0 Å². The van der Waals surface area contributed by atoms with Crippen molar-refractivity contribution < 1.29 is 29.4 Å². The molecule has 0 aliphatic heterocycles. The minimum atomic E-state index is -1.19. The Labute approximate surface area is 185 Å². The van der Waals surface area contributed by atoms with Gasteiger partial charge in [-0.3, -0.25) is 14.4 Å². The number of amides is 3. The van der Waals surface area contributed by atoms with E-state index in [0.717, 1.165) is 5.56 Å². The standard InChI is InChI=1S/C20H30N4O6S/c1-12(17(26)23-15(20(29)30)8-9-31-2)22-19(28)16(24-18(27)14(21)11-25)10-13-6-4-3-5-7-13/h3-7,12,14-16,25H,8-11,21H2,1-2H3,(H,22,28)(H,23,26)(H,24,27)(H,29,30). The van der Waals surface area contributed by atoms with Crippen LogP contribution in [0.5, 0.6) is 0 Å². The molecule has 0 heterocycles. The second-order valence-electron chi connectivity index (χ2n) is 6.95. The first-order chi connectivity index (χ1) is 14.7. The molecule has 11 heteroatoms. The molecular formula is C20H30N4O6S. The van der Waals surface area contributed by atoms with Crippen LogP contribution in [0.4, 0.5) is 0 Å². The zero-order valence-electron chi connectivity index (χ0n) is 17.5. The molecule has 0 aromatic heterocycles. The van der Waals surface area contributed by atoms with Crippen molar-refractivity contribution in [3.8, 4) is 0 Å². The summed E-state index contributed by atoms with van der Waals surface area (Å²) in [4.78, 5) is 48.6. The fourth-order valence-electron chi connectivity index (χ4n) is 2.59. The molecule has 10 nitrogen and oxygen atoms in total. The average molecular weight is 455 g/mol. The van der Waals surface area contributed by atoms with E-state index < -0.39 is 54.5 Å². The first-order valence-corrected chi connectivity index (χ1v) is 11.1. The number of carbonyl (C=O) groups excluding carboxylic acids is 3. The largest absolute Gasteiger partial charge is 0.480 e. The van der Waals surface area contributed by atoms with E-state index in [1.807, 2.05) is 6.26 Å². The molecule has 7 N–H and O–H groups in total. The van der Waals surface area contributed by atoms with Crippen molar-refractivity contribution in [2.45, 2.75) is 43.9 Å².